The second kappa shape index (κ2) is 12.1. The van der Waals surface area contributed by atoms with Crippen LogP contribution in [0.5, 0.6) is 11.5 Å². The number of hydrogen-bond acceptors (Lipinski definition) is 4. The topological polar surface area (TPSA) is 59.6 Å². The van der Waals surface area contributed by atoms with Crippen LogP contribution in [0.3, 0.4) is 0 Å². The van der Waals surface area contributed by atoms with Crippen LogP contribution in [0.2, 0.25) is 5.02 Å². The molecule has 1 unspecified atom stereocenters. The van der Waals surface area contributed by atoms with Gasteiger partial charge in [0.1, 0.15) is 0 Å². The molecular weight excluding hydrogens is 388 g/mol. The molecule has 0 fully saturated rings. The van der Waals surface area contributed by atoms with Crippen molar-refractivity contribution in [2.24, 2.45) is 0 Å². The lowest BCUT2D eigenvalue weighted by atomic mass is 10.1. The van der Waals surface area contributed by atoms with E-state index in [0.29, 0.717) is 5.02 Å². The van der Waals surface area contributed by atoms with Gasteiger partial charge in [0.25, 0.3) is 0 Å². The van der Waals surface area contributed by atoms with Crippen molar-refractivity contribution in [3.8, 4) is 11.5 Å². The minimum atomic E-state index is -0.126. The maximum Gasteiger partial charge on any atom is 0.245 e. The van der Waals surface area contributed by atoms with Gasteiger partial charge < -0.3 is 14.8 Å². The van der Waals surface area contributed by atoms with E-state index < -0.39 is 0 Å². The number of hydrogen-bond donors (Lipinski definition) is 2. The van der Waals surface area contributed by atoms with Crippen LogP contribution in [0.4, 0.5) is 0 Å². The molecule has 2 aromatic rings. The fraction of sp³-hybridized carbons (Fsp3) is 0.348. The van der Waals surface area contributed by atoms with Gasteiger partial charge in [-0.3, -0.25) is 10.1 Å². The lowest BCUT2D eigenvalue weighted by Crippen LogP contribution is -2.44. The van der Waals surface area contributed by atoms with Crippen molar-refractivity contribution in [1.82, 2.24) is 10.6 Å². The van der Waals surface area contributed by atoms with Crippen LogP contribution in [0.15, 0.2) is 48.5 Å². The van der Waals surface area contributed by atoms with Crippen LogP contribution in [-0.4, -0.2) is 32.8 Å². The predicted octanol–water partition coefficient (Wildman–Crippen LogP) is 4.45. The van der Waals surface area contributed by atoms with Crippen LogP contribution < -0.4 is 20.1 Å². The molecule has 0 aliphatic rings. The van der Waals surface area contributed by atoms with E-state index in [9.17, 15) is 4.79 Å². The van der Waals surface area contributed by atoms with E-state index >= 15 is 0 Å². The first kappa shape index (κ1) is 22.8. The Morgan fingerprint density at radius 1 is 1.10 bits per heavy atom. The van der Waals surface area contributed by atoms with Crippen LogP contribution in [0.1, 0.15) is 30.9 Å². The normalized spacial score (nSPS) is 12.0. The Morgan fingerprint density at radius 2 is 1.83 bits per heavy atom. The molecule has 0 aliphatic carbocycles. The standard InChI is InChI=1S/C23H29ClN2O3/c1-4-22(26-23(27)14-10-17-7-11-19(24)12-8-17)25-15-5-6-18-9-13-20(28-2)21(16-18)29-3/h7-14,16,22,25H,4-6,15H2,1-3H3,(H,26,27)/b14-10+. The average molecular weight is 417 g/mol. The minimum Gasteiger partial charge on any atom is -0.493 e. The molecule has 0 aliphatic heterocycles. The zero-order chi connectivity index (χ0) is 21.1. The summed E-state index contributed by atoms with van der Waals surface area (Å²) in [4.78, 5) is 12.1. The highest BCUT2D eigenvalue weighted by atomic mass is 35.5. The highest BCUT2D eigenvalue weighted by Gasteiger charge is 2.08. The molecule has 0 radical (unpaired) electrons. The average Bonchev–Trinajstić information content (AvgIpc) is 2.75. The number of aryl methyl sites for hydroxylation is 1. The third-order valence-electron chi connectivity index (χ3n) is 4.50. The summed E-state index contributed by atoms with van der Waals surface area (Å²) < 4.78 is 10.6. The van der Waals surface area contributed by atoms with Gasteiger partial charge >= 0.3 is 0 Å². The number of methoxy groups -OCH3 is 2. The number of rotatable bonds is 11. The molecule has 1 amide bonds. The lowest BCUT2D eigenvalue weighted by molar-refractivity contribution is -0.117. The summed E-state index contributed by atoms with van der Waals surface area (Å²) in [5.74, 6) is 1.35. The molecular formula is C23H29ClN2O3. The first-order valence-electron chi connectivity index (χ1n) is 9.74. The van der Waals surface area contributed by atoms with Crippen molar-refractivity contribution in [3.63, 3.8) is 0 Å². The third kappa shape index (κ3) is 7.80. The van der Waals surface area contributed by atoms with Crippen LogP contribution in [-0.2, 0) is 11.2 Å². The Hall–Kier alpha value is -2.50. The smallest absolute Gasteiger partial charge is 0.245 e. The number of benzene rings is 2. The molecule has 156 valence electrons. The molecule has 2 rings (SSSR count). The van der Waals surface area contributed by atoms with Crippen LogP contribution >= 0.6 is 11.6 Å². The van der Waals surface area contributed by atoms with Gasteiger partial charge in [0.2, 0.25) is 5.91 Å². The molecule has 2 N–H and O–H groups in total. The van der Waals surface area contributed by atoms with Crippen molar-refractivity contribution >= 4 is 23.6 Å². The summed E-state index contributed by atoms with van der Waals surface area (Å²) in [7, 11) is 3.27. The number of carbonyl (C=O) groups is 1. The van der Waals surface area contributed by atoms with Gasteiger partial charge in [0.05, 0.1) is 20.4 Å². The molecule has 1 atom stereocenters. The summed E-state index contributed by atoms with van der Waals surface area (Å²) in [5.41, 5.74) is 2.12. The quantitative estimate of drug-likeness (QED) is 0.323. The fourth-order valence-corrected chi connectivity index (χ4v) is 2.99. The molecule has 0 saturated carbocycles. The lowest BCUT2D eigenvalue weighted by Gasteiger charge is -2.18. The number of ether oxygens (including phenoxy) is 2. The summed E-state index contributed by atoms with van der Waals surface area (Å²) >= 11 is 5.87. The molecule has 0 aromatic heterocycles. The summed E-state index contributed by atoms with van der Waals surface area (Å²) in [5, 5.41) is 7.04. The Morgan fingerprint density at radius 3 is 2.48 bits per heavy atom. The van der Waals surface area contributed by atoms with E-state index in [1.54, 1.807) is 32.4 Å². The number of halogens is 1. The van der Waals surface area contributed by atoms with Crippen LogP contribution in [0, 0.1) is 0 Å². The molecule has 6 heteroatoms. The van der Waals surface area contributed by atoms with Crippen molar-refractivity contribution in [1.29, 1.82) is 0 Å². The number of nitrogens with one attached hydrogen (secondary N) is 2. The van der Waals surface area contributed by atoms with E-state index in [2.05, 4.69) is 10.6 Å². The van der Waals surface area contributed by atoms with Gasteiger partial charge in [0.15, 0.2) is 11.5 Å². The van der Waals surface area contributed by atoms with Gasteiger partial charge in [-0.1, -0.05) is 36.7 Å². The second-order valence-electron chi connectivity index (χ2n) is 6.60. The van der Waals surface area contributed by atoms with Gasteiger partial charge in [-0.15, -0.1) is 0 Å². The molecule has 0 saturated heterocycles. The summed E-state index contributed by atoms with van der Waals surface area (Å²) in [6.45, 7) is 2.84. The van der Waals surface area contributed by atoms with E-state index in [-0.39, 0.29) is 12.1 Å². The highest BCUT2D eigenvalue weighted by Crippen LogP contribution is 2.27. The Balaban J connectivity index is 1.75. The maximum atomic E-state index is 12.1. The van der Waals surface area contributed by atoms with Gasteiger partial charge in [0, 0.05) is 11.1 Å². The number of amides is 1. The van der Waals surface area contributed by atoms with E-state index in [1.165, 1.54) is 11.6 Å². The van der Waals surface area contributed by atoms with Crippen molar-refractivity contribution in [3.05, 3.63) is 64.7 Å². The SMILES string of the molecule is CCC(NCCCc1ccc(OC)c(OC)c1)NC(=O)/C=C/c1ccc(Cl)cc1. The molecule has 5 nitrogen and oxygen atoms in total. The van der Waals surface area contributed by atoms with E-state index in [1.807, 2.05) is 37.3 Å². The zero-order valence-electron chi connectivity index (χ0n) is 17.2. The largest absolute Gasteiger partial charge is 0.493 e. The monoisotopic (exact) mass is 416 g/mol. The first-order chi connectivity index (χ1) is 14.0. The van der Waals surface area contributed by atoms with Crippen LogP contribution in [0.25, 0.3) is 6.08 Å². The fourth-order valence-electron chi connectivity index (χ4n) is 2.87. The summed E-state index contributed by atoms with van der Waals surface area (Å²) in [6.07, 6.45) is 5.91. The first-order valence-corrected chi connectivity index (χ1v) is 10.1. The maximum absolute atomic E-state index is 12.1. The van der Waals surface area contributed by atoms with Crippen molar-refractivity contribution in [2.75, 3.05) is 20.8 Å². The summed E-state index contributed by atoms with van der Waals surface area (Å²) in [6, 6.07) is 13.3. The number of carbonyl (C=O) groups excluding carboxylic acids is 1. The molecule has 0 spiro atoms. The van der Waals surface area contributed by atoms with E-state index in [4.69, 9.17) is 21.1 Å². The third-order valence-corrected chi connectivity index (χ3v) is 4.75. The highest BCUT2D eigenvalue weighted by molar-refractivity contribution is 6.30. The molecule has 0 bridgehead atoms. The van der Waals surface area contributed by atoms with Gasteiger partial charge in [-0.05, 0) is 67.3 Å². The predicted molar refractivity (Wildman–Crippen MR) is 119 cm³/mol. The molecule has 0 heterocycles. The Labute approximate surface area is 178 Å². The Kier molecular flexibility index (Phi) is 9.54. The van der Waals surface area contributed by atoms with Crippen molar-refractivity contribution in [2.45, 2.75) is 32.4 Å². The minimum absolute atomic E-state index is 0.0669. The Bertz CT molecular complexity index is 806. The molecule has 29 heavy (non-hydrogen) atoms. The van der Waals surface area contributed by atoms with Gasteiger partial charge in [-0.2, -0.15) is 0 Å². The van der Waals surface area contributed by atoms with E-state index in [0.717, 1.165) is 42.9 Å². The van der Waals surface area contributed by atoms with Crippen molar-refractivity contribution < 1.29 is 14.3 Å². The van der Waals surface area contributed by atoms with Gasteiger partial charge in [-0.25, -0.2) is 0 Å². The zero-order valence-corrected chi connectivity index (χ0v) is 18.0. The molecule has 2 aromatic carbocycles. The second-order valence-corrected chi connectivity index (χ2v) is 7.04.